The molecule has 0 aromatic carbocycles. The Bertz CT molecular complexity index is 369. The van der Waals surface area contributed by atoms with Crippen LogP contribution in [0.15, 0.2) is 17.5 Å². The molecular weight excluding hydrogens is 214 g/mol. The molecule has 0 radical (unpaired) electrons. The number of fused-ring (bicyclic) bond motifs is 5. The van der Waals surface area contributed by atoms with Gasteiger partial charge in [0.15, 0.2) is 0 Å². The molecule has 2 N–H and O–H groups in total. The van der Waals surface area contributed by atoms with Crippen molar-refractivity contribution >= 4 is 11.3 Å². The van der Waals surface area contributed by atoms with Gasteiger partial charge >= 0.3 is 0 Å². The van der Waals surface area contributed by atoms with Gasteiger partial charge in [0.2, 0.25) is 0 Å². The van der Waals surface area contributed by atoms with E-state index in [1.54, 1.807) is 0 Å². The molecule has 1 aromatic heterocycles. The largest absolute Gasteiger partial charge is 0.327 e. The maximum Gasteiger partial charge on any atom is 0.0121 e. The van der Waals surface area contributed by atoms with Gasteiger partial charge in [-0.15, -0.1) is 11.3 Å². The number of hydrogen-bond acceptors (Lipinski definition) is 2. The van der Waals surface area contributed by atoms with Crippen LogP contribution in [0.3, 0.4) is 0 Å². The zero-order valence-corrected chi connectivity index (χ0v) is 10.3. The Balaban J connectivity index is 1.45. The van der Waals surface area contributed by atoms with Crippen LogP contribution in [0.2, 0.25) is 0 Å². The van der Waals surface area contributed by atoms with Crippen LogP contribution in [-0.4, -0.2) is 6.04 Å². The van der Waals surface area contributed by atoms with Gasteiger partial charge in [-0.3, -0.25) is 0 Å². The Labute approximate surface area is 101 Å². The minimum absolute atomic E-state index is 0.442. The van der Waals surface area contributed by atoms with Crippen molar-refractivity contribution in [3.8, 4) is 0 Å². The first kappa shape index (κ1) is 9.67. The first-order valence-corrected chi connectivity index (χ1v) is 7.50. The van der Waals surface area contributed by atoms with Crippen LogP contribution in [0, 0.1) is 29.6 Å². The maximum absolute atomic E-state index is 6.42. The van der Waals surface area contributed by atoms with Gasteiger partial charge < -0.3 is 5.73 Å². The van der Waals surface area contributed by atoms with Crippen LogP contribution in [0.4, 0.5) is 0 Å². The van der Waals surface area contributed by atoms with Crippen molar-refractivity contribution in [1.82, 2.24) is 0 Å². The standard InChI is InChI=1S/C14H19NS/c15-11(7-10-2-1-5-16-10)14-12-8-3-4-9(6-8)13(12)14/h1-2,5,8-9,11-14H,3-4,6-7,15H2. The topological polar surface area (TPSA) is 26.0 Å². The summed E-state index contributed by atoms with van der Waals surface area (Å²) in [6, 6.07) is 4.82. The van der Waals surface area contributed by atoms with Crippen LogP contribution < -0.4 is 5.73 Å². The molecule has 1 aromatic rings. The minimum atomic E-state index is 0.442. The SMILES string of the molecule is NC(Cc1cccs1)C1C2C3CCC(C3)C12. The van der Waals surface area contributed by atoms with Gasteiger partial charge in [-0.25, -0.2) is 0 Å². The highest BCUT2D eigenvalue weighted by Crippen LogP contribution is 2.70. The predicted molar refractivity (Wildman–Crippen MR) is 67.3 cm³/mol. The van der Waals surface area contributed by atoms with E-state index in [9.17, 15) is 0 Å². The van der Waals surface area contributed by atoms with E-state index in [-0.39, 0.29) is 0 Å². The third-order valence-corrected chi connectivity index (χ3v) is 6.20. The molecule has 5 atom stereocenters. The van der Waals surface area contributed by atoms with E-state index < -0.39 is 0 Å². The Hall–Kier alpha value is -0.340. The second-order valence-electron chi connectivity index (χ2n) is 6.01. The molecule has 0 amide bonds. The molecule has 2 bridgehead atoms. The third-order valence-electron chi connectivity index (χ3n) is 5.31. The van der Waals surface area contributed by atoms with Crippen molar-refractivity contribution in [1.29, 1.82) is 0 Å². The van der Waals surface area contributed by atoms with E-state index in [1.807, 2.05) is 11.3 Å². The lowest BCUT2D eigenvalue weighted by molar-refractivity contribution is 0.410. The average Bonchev–Trinajstić information content (AvgIpc) is 2.73. The van der Waals surface area contributed by atoms with Crippen molar-refractivity contribution in [3.63, 3.8) is 0 Å². The summed E-state index contributed by atoms with van der Waals surface area (Å²) in [6.07, 6.45) is 5.68. The second-order valence-corrected chi connectivity index (χ2v) is 7.04. The molecular formula is C14H19NS. The summed E-state index contributed by atoms with van der Waals surface area (Å²) in [6.45, 7) is 0. The van der Waals surface area contributed by atoms with Crippen molar-refractivity contribution in [3.05, 3.63) is 22.4 Å². The highest BCUT2D eigenvalue weighted by atomic mass is 32.1. The molecule has 3 saturated carbocycles. The fraction of sp³-hybridized carbons (Fsp3) is 0.714. The summed E-state index contributed by atoms with van der Waals surface area (Å²) in [5.41, 5.74) is 6.42. The summed E-state index contributed by atoms with van der Waals surface area (Å²) in [5.74, 6) is 5.08. The second kappa shape index (κ2) is 3.33. The molecule has 1 heterocycles. The van der Waals surface area contributed by atoms with Crippen LogP contribution >= 0.6 is 11.3 Å². The summed E-state index contributed by atoms with van der Waals surface area (Å²) >= 11 is 1.86. The van der Waals surface area contributed by atoms with E-state index in [0.717, 1.165) is 36.0 Å². The Morgan fingerprint density at radius 3 is 2.69 bits per heavy atom. The van der Waals surface area contributed by atoms with Crippen LogP contribution in [0.1, 0.15) is 24.1 Å². The van der Waals surface area contributed by atoms with Crippen molar-refractivity contribution < 1.29 is 0 Å². The van der Waals surface area contributed by atoms with Gasteiger partial charge in [0.1, 0.15) is 0 Å². The lowest BCUT2D eigenvalue weighted by Gasteiger charge is -2.15. The number of rotatable bonds is 3. The Morgan fingerprint density at radius 1 is 1.31 bits per heavy atom. The highest BCUT2D eigenvalue weighted by molar-refractivity contribution is 7.09. The smallest absolute Gasteiger partial charge is 0.0121 e. The first-order chi connectivity index (χ1) is 7.84. The summed E-state index contributed by atoms with van der Waals surface area (Å²) in [5, 5.41) is 2.17. The Kier molecular flexibility index (Phi) is 2.01. The van der Waals surface area contributed by atoms with E-state index in [2.05, 4.69) is 17.5 Å². The predicted octanol–water partition coefficient (Wildman–Crippen LogP) is 2.91. The molecule has 0 aliphatic heterocycles. The van der Waals surface area contributed by atoms with Gasteiger partial charge in [0, 0.05) is 10.9 Å². The average molecular weight is 233 g/mol. The van der Waals surface area contributed by atoms with Gasteiger partial charge in [-0.05, 0) is 66.7 Å². The fourth-order valence-corrected chi connectivity index (χ4v) is 5.54. The molecule has 86 valence electrons. The van der Waals surface area contributed by atoms with Gasteiger partial charge in [-0.2, -0.15) is 0 Å². The van der Waals surface area contributed by atoms with E-state index in [0.29, 0.717) is 6.04 Å². The van der Waals surface area contributed by atoms with Crippen LogP contribution in [0.5, 0.6) is 0 Å². The summed E-state index contributed by atoms with van der Waals surface area (Å²) in [7, 11) is 0. The molecule has 16 heavy (non-hydrogen) atoms. The van der Waals surface area contributed by atoms with Crippen LogP contribution in [0.25, 0.3) is 0 Å². The lowest BCUT2D eigenvalue weighted by atomic mass is 9.96. The fourth-order valence-electron chi connectivity index (χ4n) is 4.76. The monoisotopic (exact) mass is 233 g/mol. The van der Waals surface area contributed by atoms with Crippen molar-refractivity contribution in [2.75, 3.05) is 0 Å². The van der Waals surface area contributed by atoms with Gasteiger partial charge in [0.05, 0.1) is 0 Å². The van der Waals surface area contributed by atoms with Crippen molar-refractivity contribution in [2.45, 2.75) is 31.7 Å². The zero-order chi connectivity index (χ0) is 10.7. The molecule has 3 aliphatic rings. The normalized spacial score (nSPS) is 45.7. The number of nitrogens with two attached hydrogens (primary N) is 1. The molecule has 3 fully saturated rings. The van der Waals surface area contributed by atoms with Crippen LogP contribution in [-0.2, 0) is 6.42 Å². The molecule has 0 spiro atoms. The number of thiophene rings is 1. The first-order valence-electron chi connectivity index (χ1n) is 6.62. The van der Waals surface area contributed by atoms with E-state index in [4.69, 9.17) is 5.73 Å². The maximum atomic E-state index is 6.42. The summed E-state index contributed by atoms with van der Waals surface area (Å²) in [4.78, 5) is 1.48. The third kappa shape index (κ3) is 1.26. The minimum Gasteiger partial charge on any atom is -0.327 e. The van der Waals surface area contributed by atoms with E-state index >= 15 is 0 Å². The zero-order valence-electron chi connectivity index (χ0n) is 9.51. The highest BCUT2D eigenvalue weighted by Gasteiger charge is 2.65. The molecule has 2 heteroatoms. The quantitative estimate of drug-likeness (QED) is 0.853. The molecule has 1 nitrogen and oxygen atoms in total. The Morgan fingerprint density at radius 2 is 2.06 bits per heavy atom. The van der Waals surface area contributed by atoms with Crippen molar-refractivity contribution in [2.24, 2.45) is 35.3 Å². The molecule has 3 aliphatic carbocycles. The molecule has 4 rings (SSSR count). The molecule has 5 unspecified atom stereocenters. The van der Waals surface area contributed by atoms with Gasteiger partial charge in [-0.1, -0.05) is 6.07 Å². The summed E-state index contributed by atoms with van der Waals surface area (Å²) < 4.78 is 0. The lowest BCUT2D eigenvalue weighted by Crippen LogP contribution is -2.28. The molecule has 0 saturated heterocycles. The number of hydrogen-bond donors (Lipinski definition) is 1. The van der Waals surface area contributed by atoms with E-state index in [1.165, 1.54) is 24.1 Å². The van der Waals surface area contributed by atoms with Gasteiger partial charge in [0.25, 0.3) is 0 Å².